The van der Waals surface area contributed by atoms with E-state index in [0.717, 1.165) is 21.6 Å². The molecule has 3 amide bonds. The van der Waals surface area contributed by atoms with Crippen LogP contribution in [0.5, 0.6) is 0 Å². The van der Waals surface area contributed by atoms with Crippen LogP contribution in [0.2, 0.25) is 0 Å². The van der Waals surface area contributed by atoms with Gasteiger partial charge in [0.1, 0.15) is 12.4 Å². The zero-order chi connectivity index (χ0) is 23.8. The van der Waals surface area contributed by atoms with Gasteiger partial charge in [0.05, 0.1) is 6.54 Å². The van der Waals surface area contributed by atoms with Gasteiger partial charge in [0.2, 0.25) is 5.91 Å². The third kappa shape index (κ3) is 6.76. The number of amides is 3. The van der Waals surface area contributed by atoms with Gasteiger partial charge in [-0.1, -0.05) is 36.4 Å². The average molecular weight is 466 g/mol. The number of nitrogens with one attached hydrogen (secondary N) is 1. The molecule has 0 fully saturated rings. The zero-order valence-corrected chi connectivity index (χ0v) is 19.7. The summed E-state index contributed by atoms with van der Waals surface area (Å²) in [7, 11) is 0. The largest absolute Gasteiger partial charge is 0.332 e. The Kier molecular flexibility index (Phi) is 8.38. The molecule has 0 saturated carbocycles. The maximum absolute atomic E-state index is 13.3. The molecule has 0 bridgehead atoms. The third-order valence-corrected chi connectivity index (χ3v) is 6.24. The number of carbonyl (C=O) groups excluding carboxylic acids is 2. The quantitative estimate of drug-likeness (QED) is 0.409. The first-order valence-corrected chi connectivity index (χ1v) is 11.5. The second kappa shape index (κ2) is 11.4. The minimum Gasteiger partial charge on any atom is -0.332 e. The van der Waals surface area contributed by atoms with Gasteiger partial charge in [0.15, 0.2) is 0 Å². The van der Waals surface area contributed by atoms with Crippen molar-refractivity contribution in [3.63, 3.8) is 0 Å². The molecule has 172 valence electrons. The number of urea groups is 1. The highest BCUT2D eigenvalue weighted by atomic mass is 32.1. The molecule has 5 nitrogen and oxygen atoms in total. The summed E-state index contributed by atoms with van der Waals surface area (Å²) in [6, 6.07) is 15.3. The number of carbonyl (C=O) groups is 2. The molecule has 1 aromatic heterocycles. The maximum Gasteiger partial charge on any atom is 0.322 e. The summed E-state index contributed by atoms with van der Waals surface area (Å²) in [6.07, 6.45) is 1.60. The van der Waals surface area contributed by atoms with E-state index >= 15 is 0 Å². The smallest absolute Gasteiger partial charge is 0.322 e. The molecule has 0 unspecified atom stereocenters. The van der Waals surface area contributed by atoms with Gasteiger partial charge in [0.25, 0.3) is 0 Å². The van der Waals surface area contributed by atoms with Crippen molar-refractivity contribution in [2.45, 2.75) is 26.9 Å². The summed E-state index contributed by atoms with van der Waals surface area (Å²) < 4.78 is 13.3. The molecule has 0 radical (unpaired) electrons. The molecule has 1 N–H and O–H groups in total. The van der Waals surface area contributed by atoms with Crippen molar-refractivity contribution in [3.05, 3.63) is 100 Å². The molecule has 3 aromatic rings. The second-order valence-corrected chi connectivity index (χ2v) is 8.83. The lowest BCUT2D eigenvalue weighted by atomic mass is 10.1. The van der Waals surface area contributed by atoms with Gasteiger partial charge >= 0.3 is 6.03 Å². The van der Waals surface area contributed by atoms with Crippen LogP contribution in [-0.2, 0) is 17.9 Å². The summed E-state index contributed by atoms with van der Waals surface area (Å²) in [5, 5.41) is 4.87. The topological polar surface area (TPSA) is 52.7 Å². The van der Waals surface area contributed by atoms with E-state index in [0.29, 0.717) is 18.8 Å². The Bertz CT molecular complexity index is 1100. The van der Waals surface area contributed by atoms with Crippen LogP contribution in [0.1, 0.15) is 21.6 Å². The highest BCUT2D eigenvalue weighted by Crippen LogP contribution is 2.19. The second-order valence-electron chi connectivity index (χ2n) is 7.80. The summed E-state index contributed by atoms with van der Waals surface area (Å²) >= 11 is 1.56. The van der Waals surface area contributed by atoms with Crippen LogP contribution < -0.4 is 5.32 Å². The molecular weight excluding hydrogens is 437 g/mol. The highest BCUT2D eigenvalue weighted by molar-refractivity contribution is 7.09. The zero-order valence-electron chi connectivity index (χ0n) is 18.9. The molecular formula is C26H28FN3O2S. The van der Waals surface area contributed by atoms with Crippen molar-refractivity contribution in [3.8, 4) is 0 Å². The van der Waals surface area contributed by atoms with Gasteiger partial charge in [-0.05, 0) is 60.2 Å². The number of halogens is 1. The van der Waals surface area contributed by atoms with Crippen molar-refractivity contribution in [2.75, 3.05) is 18.4 Å². The van der Waals surface area contributed by atoms with Gasteiger partial charge in [-0.15, -0.1) is 17.9 Å². The van der Waals surface area contributed by atoms with Gasteiger partial charge in [-0.2, -0.15) is 0 Å². The fourth-order valence-electron chi connectivity index (χ4n) is 3.35. The Morgan fingerprint density at radius 3 is 2.45 bits per heavy atom. The van der Waals surface area contributed by atoms with Crippen LogP contribution in [-0.4, -0.2) is 34.8 Å². The summed E-state index contributed by atoms with van der Waals surface area (Å²) in [4.78, 5) is 30.4. The molecule has 7 heteroatoms. The number of aryl methyl sites for hydroxylation is 1. The summed E-state index contributed by atoms with van der Waals surface area (Å²) in [5.74, 6) is -0.527. The van der Waals surface area contributed by atoms with Crippen molar-refractivity contribution < 1.29 is 14.0 Å². The SMILES string of the molecule is C=CCN(CC(=O)N(Cc1ccc(F)cc1)Cc1cccs1)C(=O)Nc1cccc(C)c1C. The molecule has 3 rings (SSSR count). The Labute approximate surface area is 198 Å². The van der Waals surface area contributed by atoms with E-state index in [1.807, 2.05) is 49.6 Å². The molecule has 33 heavy (non-hydrogen) atoms. The van der Waals surface area contributed by atoms with Crippen LogP contribution in [0.4, 0.5) is 14.9 Å². The molecule has 2 aromatic carbocycles. The predicted octanol–water partition coefficient (Wildman–Crippen LogP) is 5.75. The van der Waals surface area contributed by atoms with Gasteiger partial charge in [-0.25, -0.2) is 9.18 Å². The Balaban J connectivity index is 1.76. The predicted molar refractivity (Wildman–Crippen MR) is 132 cm³/mol. The van der Waals surface area contributed by atoms with Crippen molar-refractivity contribution in [1.29, 1.82) is 0 Å². The number of hydrogen-bond acceptors (Lipinski definition) is 3. The van der Waals surface area contributed by atoms with E-state index < -0.39 is 0 Å². The lowest BCUT2D eigenvalue weighted by Gasteiger charge is -2.27. The molecule has 1 heterocycles. The van der Waals surface area contributed by atoms with Crippen LogP contribution in [0.15, 0.2) is 72.6 Å². The molecule has 0 aliphatic heterocycles. The van der Waals surface area contributed by atoms with Crippen LogP contribution in [0.3, 0.4) is 0 Å². The average Bonchev–Trinajstić information content (AvgIpc) is 3.30. The number of thiophene rings is 1. The van der Waals surface area contributed by atoms with Gasteiger partial charge in [0, 0.05) is 23.7 Å². The van der Waals surface area contributed by atoms with E-state index in [9.17, 15) is 14.0 Å². The van der Waals surface area contributed by atoms with E-state index in [-0.39, 0.29) is 30.8 Å². The van der Waals surface area contributed by atoms with Crippen molar-refractivity contribution in [1.82, 2.24) is 9.80 Å². The highest BCUT2D eigenvalue weighted by Gasteiger charge is 2.22. The standard InChI is InChI=1S/C26H28FN3O2S/c1-4-14-29(26(32)28-24-9-5-7-19(2)20(24)3)18-25(31)30(17-23-8-6-15-33-23)16-21-10-12-22(27)13-11-21/h4-13,15H,1,14,16-18H2,2-3H3,(H,28,32). The lowest BCUT2D eigenvalue weighted by molar-refractivity contribution is -0.132. The van der Waals surface area contributed by atoms with Gasteiger partial charge < -0.3 is 15.1 Å². The van der Waals surface area contributed by atoms with E-state index in [4.69, 9.17) is 0 Å². The fourth-order valence-corrected chi connectivity index (χ4v) is 4.07. The van der Waals surface area contributed by atoms with Crippen LogP contribution >= 0.6 is 11.3 Å². The molecule has 0 atom stereocenters. The number of hydrogen-bond donors (Lipinski definition) is 1. The molecule has 0 aliphatic rings. The first kappa shape index (κ1) is 24.2. The summed E-state index contributed by atoms with van der Waals surface area (Å²) in [5.41, 5.74) is 3.58. The van der Waals surface area contributed by atoms with E-state index in [2.05, 4.69) is 11.9 Å². The number of anilines is 1. The fraction of sp³-hybridized carbons (Fsp3) is 0.231. The minimum atomic E-state index is -0.366. The summed E-state index contributed by atoms with van der Waals surface area (Å²) in [6.45, 7) is 8.51. The first-order valence-electron chi connectivity index (χ1n) is 10.6. The van der Waals surface area contributed by atoms with E-state index in [1.54, 1.807) is 34.4 Å². The Morgan fingerprint density at radius 1 is 1.03 bits per heavy atom. The van der Waals surface area contributed by atoms with Gasteiger partial charge in [-0.3, -0.25) is 4.79 Å². The Hall–Kier alpha value is -3.45. The molecule has 0 aliphatic carbocycles. The lowest BCUT2D eigenvalue weighted by Crippen LogP contribution is -2.44. The van der Waals surface area contributed by atoms with Crippen LogP contribution in [0.25, 0.3) is 0 Å². The third-order valence-electron chi connectivity index (χ3n) is 5.38. The molecule has 0 spiro atoms. The minimum absolute atomic E-state index is 0.102. The van der Waals surface area contributed by atoms with Crippen molar-refractivity contribution in [2.24, 2.45) is 0 Å². The monoisotopic (exact) mass is 465 g/mol. The van der Waals surface area contributed by atoms with Crippen molar-refractivity contribution >= 4 is 29.0 Å². The number of benzene rings is 2. The Morgan fingerprint density at radius 2 is 1.79 bits per heavy atom. The normalized spacial score (nSPS) is 10.5. The van der Waals surface area contributed by atoms with Crippen LogP contribution in [0, 0.1) is 19.7 Å². The van der Waals surface area contributed by atoms with E-state index in [1.165, 1.54) is 17.0 Å². The number of rotatable bonds is 9. The number of nitrogens with zero attached hydrogens (tertiary/aromatic N) is 2. The maximum atomic E-state index is 13.3. The molecule has 0 saturated heterocycles. The first-order chi connectivity index (χ1) is 15.9.